The van der Waals surface area contributed by atoms with E-state index in [0.29, 0.717) is 0 Å². The number of benzene rings is 2. The third kappa shape index (κ3) is 6.18. The maximum atomic E-state index is 6.24. The van der Waals surface area contributed by atoms with Crippen molar-refractivity contribution < 1.29 is 45.2 Å². The number of fused-ring (bicyclic) bond motifs is 2. The summed E-state index contributed by atoms with van der Waals surface area (Å²) in [7, 11) is 0. The van der Waals surface area contributed by atoms with Crippen molar-refractivity contribution in [3.8, 4) is 44.5 Å². The van der Waals surface area contributed by atoms with E-state index in [0.717, 1.165) is 10.0 Å². The van der Waals surface area contributed by atoms with E-state index in [1.54, 1.807) is 6.54 Å². The fraction of sp³-hybridized carbons (Fsp3) is 0.111. The van der Waals surface area contributed by atoms with Crippen LogP contribution in [0.25, 0.3) is 44.5 Å². The van der Waals surface area contributed by atoms with Crippen LogP contribution in [0.2, 0.25) is 23.1 Å². The van der Waals surface area contributed by atoms with Gasteiger partial charge in [-0.15, -0.1) is 0 Å². The molecule has 2 aromatic carbocycles. The minimum atomic E-state index is -2.35. The van der Waals surface area contributed by atoms with Crippen LogP contribution in [0.1, 0.15) is 11.1 Å². The molecule has 0 saturated carbocycles. The molecule has 0 bridgehead atoms. The van der Waals surface area contributed by atoms with Crippen molar-refractivity contribution in [2.75, 3.05) is 0 Å². The molecule has 0 heterocycles. The first kappa shape index (κ1) is 33.0. The number of hydrogen-bond donors (Lipinski definition) is 0. The molecule has 0 aliphatic heterocycles. The van der Waals surface area contributed by atoms with Gasteiger partial charge in [0.15, 0.2) is 0 Å². The summed E-state index contributed by atoms with van der Waals surface area (Å²) in [6.07, 6.45) is 0. The third-order valence-corrected chi connectivity index (χ3v) is 25.4. The molecule has 6 heteroatoms. The van der Waals surface area contributed by atoms with Crippen LogP contribution < -0.4 is 31.4 Å². The molecule has 0 amide bonds. The topological polar surface area (TPSA) is 0 Å². The fourth-order valence-electron chi connectivity index (χ4n) is 6.06. The van der Waals surface area contributed by atoms with Crippen LogP contribution >= 0.6 is 23.2 Å². The second kappa shape index (κ2) is 13.8. The van der Waals surface area contributed by atoms with E-state index in [1.807, 2.05) is 24.3 Å². The van der Waals surface area contributed by atoms with Gasteiger partial charge in [-0.1, -0.05) is 0 Å². The molecular formula is C36H30Cl4SiZr. The molecule has 2 aromatic rings. The Balaban J connectivity index is 0.00000202. The van der Waals surface area contributed by atoms with Crippen molar-refractivity contribution in [3.05, 3.63) is 130 Å². The Morgan fingerprint density at radius 1 is 0.476 bits per heavy atom. The van der Waals surface area contributed by atoms with E-state index in [2.05, 4.69) is 112 Å². The first-order chi connectivity index (χ1) is 19.3. The minimum absolute atomic E-state index is 0. The SMILES string of the molecule is Cc1cc2c(-c3ccc(Cl)cc3)ccccc-2[c]1[Zr+2]([c]1c(C)cc2c(-c3ccc(Cl)cc3)ccccc1-2)=[Si](C)C.[Cl-].[Cl-]. The molecule has 42 heavy (non-hydrogen) atoms. The molecule has 0 aromatic heterocycles. The van der Waals surface area contributed by atoms with Gasteiger partial charge in [0.25, 0.3) is 0 Å². The monoisotopic (exact) mass is 720 g/mol. The summed E-state index contributed by atoms with van der Waals surface area (Å²) in [4.78, 5) is 0. The van der Waals surface area contributed by atoms with Gasteiger partial charge in [0.05, 0.1) is 0 Å². The quantitative estimate of drug-likeness (QED) is 0.242. The normalized spacial score (nSPS) is 10.5. The van der Waals surface area contributed by atoms with Crippen LogP contribution in [-0.2, 0) is 20.4 Å². The molecule has 0 saturated heterocycles. The molecule has 4 aliphatic carbocycles. The Morgan fingerprint density at radius 2 is 0.810 bits per heavy atom. The van der Waals surface area contributed by atoms with Gasteiger partial charge in [-0.2, -0.15) is 0 Å². The number of hydrogen-bond acceptors (Lipinski definition) is 0. The predicted molar refractivity (Wildman–Crippen MR) is 173 cm³/mol. The Hall–Kier alpha value is -1.90. The molecule has 0 fully saturated rings. The summed E-state index contributed by atoms with van der Waals surface area (Å²) in [6.45, 7) is 9.77. The predicted octanol–water partition coefficient (Wildman–Crippen LogP) is 3.98. The first-order valence-corrected chi connectivity index (χ1v) is 23.0. The Kier molecular flexibility index (Phi) is 10.9. The average Bonchev–Trinajstić information content (AvgIpc) is 3.21. The van der Waals surface area contributed by atoms with Gasteiger partial charge in [-0.05, 0) is 0 Å². The molecule has 0 radical (unpaired) electrons. The summed E-state index contributed by atoms with van der Waals surface area (Å²) in [6, 6.07) is 39.4. The van der Waals surface area contributed by atoms with Crippen LogP contribution in [0.15, 0.2) is 109 Å². The Labute approximate surface area is 279 Å². The van der Waals surface area contributed by atoms with E-state index < -0.39 is 25.8 Å². The summed E-state index contributed by atoms with van der Waals surface area (Å²) >= 11 is 10.1. The molecule has 210 valence electrons. The average molecular weight is 724 g/mol. The summed E-state index contributed by atoms with van der Waals surface area (Å²) in [5, 5.41) is 1.54. The van der Waals surface area contributed by atoms with Crippen molar-refractivity contribution in [1.29, 1.82) is 0 Å². The van der Waals surface area contributed by atoms with Gasteiger partial charge in [0, 0.05) is 0 Å². The third-order valence-electron chi connectivity index (χ3n) is 7.79. The van der Waals surface area contributed by atoms with Crippen molar-refractivity contribution in [3.63, 3.8) is 0 Å². The van der Waals surface area contributed by atoms with Crippen LogP contribution in [0, 0.1) is 13.8 Å². The molecule has 0 spiro atoms. The summed E-state index contributed by atoms with van der Waals surface area (Å²) in [5.41, 5.74) is 12.8. The van der Waals surface area contributed by atoms with Crippen molar-refractivity contribution >= 4 is 35.2 Å². The Morgan fingerprint density at radius 3 is 1.14 bits per heavy atom. The molecule has 6 rings (SSSR count). The van der Waals surface area contributed by atoms with Crippen LogP contribution in [0.3, 0.4) is 0 Å². The van der Waals surface area contributed by atoms with Crippen molar-refractivity contribution in [1.82, 2.24) is 0 Å². The van der Waals surface area contributed by atoms with E-state index in [9.17, 15) is 0 Å². The van der Waals surface area contributed by atoms with Gasteiger partial charge in [-0.25, -0.2) is 0 Å². The minimum Gasteiger partial charge on any atom is -1.00 e. The largest absolute Gasteiger partial charge is 1.00 e. The second-order valence-corrected chi connectivity index (χ2v) is 28.2. The zero-order valence-electron chi connectivity index (χ0n) is 23.9. The smallest absolute Gasteiger partial charge is 1.00 e. The standard InChI is InChI=1S/2C17H12Cl.C2H6Si.2ClH.Zr/c2*1-12-10-14-4-2-3-5-16(17(14)11-12)13-6-8-15(18)9-7-13;1-3-2;;;/h2*2-9,11H,1H3;1-2H3;2*1H;/q;;;;;+2/p-2. The maximum absolute atomic E-state index is 6.24. The number of aryl methyl sites for hydroxylation is 2. The van der Waals surface area contributed by atoms with Crippen LogP contribution in [-0.4, -0.2) is 5.43 Å². The maximum Gasteiger partial charge on any atom is -1.00 e. The molecule has 4 aliphatic rings. The Bertz CT molecular complexity index is 1710. The molecular weight excluding hydrogens is 694 g/mol. The second-order valence-electron chi connectivity index (χ2n) is 10.7. The van der Waals surface area contributed by atoms with Crippen LogP contribution in [0.4, 0.5) is 0 Å². The van der Waals surface area contributed by atoms with E-state index in [4.69, 9.17) is 23.2 Å². The van der Waals surface area contributed by atoms with Crippen LogP contribution in [0.5, 0.6) is 0 Å². The van der Waals surface area contributed by atoms with Gasteiger partial charge >= 0.3 is 257 Å². The number of halogens is 4. The molecule has 0 nitrogen and oxygen atoms in total. The van der Waals surface area contributed by atoms with E-state index in [-0.39, 0.29) is 24.8 Å². The summed E-state index contributed by atoms with van der Waals surface area (Å²) in [5.74, 6) is 0. The van der Waals surface area contributed by atoms with Gasteiger partial charge < -0.3 is 24.8 Å². The van der Waals surface area contributed by atoms with E-state index >= 15 is 0 Å². The molecule has 0 atom stereocenters. The molecule has 0 unspecified atom stereocenters. The molecule has 0 N–H and O–H groups in total. The van der Waals surface area contributed by atoms with Crippen molar-refractivity contribution in [2.45, 2.75) is 26.9 Å². The van der Waals surface area contributed by atoms with Crippen molar-refractivity contribution in [2.24, 2.45) is 0 Å². The van der Waals surface area contributed by atoms with Gasteiger partial charge in [0.1, 0.15) is 0 Å². The summed E-state index contributed by atoms with van der Waals surface area (Å²) < 4.78 is 3.33. The first-order valence-electron chi connectivity index (χ1n) is 13.6. The van der Waals surface area contributed by atoms with E-state index in [1.165, 1.54) is 55.6 Å². The fourth-order valence-corrected chi connectivity index (χ4v) is 23.9. The zero-order valence-corrected chi connectivity index (χ0v) is 30.4. The number of rotatable bonds is 4. The van der Waals surface area contributed by atoms with Gasteiger partial charge in [-0.3, -0.25) is 0 Å². The van der Waals surface area contributed by atoms with Gasteiger partial charge in [0.2, 0.25) is 0 Å². The zero-order chi connectivity index (χ0) is 28.0.